The van der Waals surface area contributed by atoms with Gasteiger partial charge in [-0.1, -0.05) is 19.9 Å². The molecule has 0 atom stereocenters. The number of anilines is 2. The van der Waals surface area contributed by atoms with E-state index in [-0.39, 0.29) is 10.6 Å². The van der Waals surface area contributed by atoms with Gasteiger partial charge in [-0.2, -0.15) is 15.0 Å². The van der Waals surface area contributed by atoms with E-state index >= 15 is 0 Å². The first-order valence-corrected chi connectivity index (χ1v) is 8.11. The molecule has 0 fully saturated rings. The van der Waals surface area contributed by atoms with Gasteiger partial charge in [-0.05, 0) is 69.7 Å². The molecule has 0 saturated carbocycles. The third kappa shape index (κ3) is 3.84. The summed E-state index contributed by atoms with van der Waals surface area (Å²) in [6, 6.07) is 6.24. The summed E-state index contributed by atoms with van der Waals surface area (Å²) in [5.74, 6) is 0.895. The van der Waals surface area contributed by atoms with Crippen molar-refractivity contribution in [1.29, 1.82) is 0 Å². The van der Waals surface area contributed by atoms with Gasteiger partial charge < -0.3 is 4.90 Å². The number of aromatic nitrogens is 3. The monoisotopic (exact) mass is 388 g/mol. The lowest BCUT2D eigenvalue weighted by atomic mass is 10.0. The van der Waals surface area contributed by atoms with Gasteiger partial charge >= 0.3 is 0 Å². The molecule has 2 aromatic rings. The Bertz CT molecular complexity index is 629. The van der Waals surface area contributed by atoms with Gasteiger partial charge in [-0.3, -0.25) is 0 Å². The lowest BCUT2D eigenvalue weighted by Gasteiger charge is -2.23. The van der Waals surface area contributed by atoms with Crippen LogP contribution in [0.1, 0.15) is 32.3 Å². The Morgan fingerprint density at radius 3 is 2.24 bits per heavy atom. The first kappa shape index (κ1) is 16.5. The van der Waals surface area contributed by atoms with E-state index in [4.69, 9.17) is 23.2 Å². The average molecular weight is 390 g/mol. The molecule has 0 aliphatic heterocycles. The minimum absolute atomic E-state index is 0.0818. The van der Waals surface area contributed by atoms with Crippen molar-refractivity contribution in [3.63, 3.8) is 0 Å². The quantitative estimate of drug-likeness (QED) is 0.718. The van der Waals surface area contributed by atoms with E-state index in [1.165, 1.54) is 5.56 Å². The van der Waals surface area contributed by atoms with Crippen LogP contribution in [0, 0.1) is 0 Å². The SMILES string of the molecule is CCN(c1nc(Cl)nc(Cl)n1)c1ccc(C(C)C)cc1Br. The molecule has 1 aromatic heterocycles. The Kier molecular flexibility index (Phi) is 5.41. The molecule has 0 spiro atoms. The highest BCUT2D eigenvalue weighted by Gasteiger charge is 2.16. The maximum Gasteiger partial charge on any atom is 0.235 e. The zero-order valence-electron chi connectivity index (χ0n) is 11.9. The van der Waals surface area contributed by atoms with Crippen molar-refractivity contribution in [2.45, 2.75) is 26.7 Å². The summed E-state index contributed by atoms with van der Waals surface area (Å²) >= 11 is 15.3. The second-order valence-electron chi connectivity index (χ2n) is 4.78. The summed E-state index contributed by atoms with van der Waals surface area (Å²) in [7, 11) is 0. The lowest BCUT2D eigenvalue weighted by Crippen LogP contribution is -2.20. The number of nitrogens with zero attached hydrogens (tertiary/aromatic N) is 4. The van der Waals surface area contributed by atoms with Crippen LogP contribution in [0.4, 0.5) is 11.6 Å². The van der Waals surface area contributed by atoms with Crippen LogP contribution in [-0.2, 0) is 0 Å². The summed E-state index contributed by atoms with van der Waals surface area (Å²) in [5, 5.41) is 0.164. The molecule has 4 nitrogen and oxygen atoms in total. The Hall–Kier alpha value is -0.910. The van der Waals surface area contributed by atoms with Crippen LogP contribution in [0.15, 0.2) is 22.7 Å². The van der Waals surface area contributed by atoms with Crippen LogP contribution in [0.25, 0.3) is 0 Å². The maximum absolute atomic E-state index is 5.86. The fourth-order valence-corrected chi connectivity index (χ4v) is 2.92. The third-order valence-corrected chi connectivity index (χ3v) is 4.03. The molecular weight excluding hydrogens is 375 g/mol. The van der Waals surface area contributed by atoms with Crippen LogP contribution in [-0.4, -0.2) is 21.5 Å². The number of hydrogen-bond donors (Lipinski definition) is 0. The van der Waals surface area contributed by atoms with Crippen molar-refractivity contribution >= 4 is 50.8 Å². The van der Waals surface area contributed by atoms with Crippen molar-refractivity contribution in [2.75, 3.05) is 11.4 Å². The predicted molar refractivity (Wildman–Crippen MR) is 90.8 cm³/mol. The topological polar surface area (TPSA) is 41.9 Å². The van der Waals surface area contributed by atoms with Gasteiger partial charge in [-0.25, -0.2) is 0 Å². The summed E-state index contributed by atoms with van der Waals surface area (Å²) in [5.41, 5.74) is 2.22. The van der Waals surface area contributed by atoms with Gasteiger partial charge in [0.1, 0.15) is 0 Å². The van der Waals surface area contributed by atoms with Crippen molar-refractivity contribution < 1.29 is 0 Å². The smallest absolute Gasteiger partial charge is 0.235 e. The van der Waals surface area contributed by atoms with Crippen molar-refractivity contribution in [2.24, 2.45) is 0 Å². The van der Waals surface area contributed by atoms with Crippen LogP contribution >= 0.6 is 39.1 Å². The molecule has 112 valence electrons. The Morgan fingerprint density at radius 1 is 1.14 bits per heavy atom. The van der Waals surface area contributed by atoms with Crippen molar-refractivity contribution in [3.8, 4) is 0 Å². The highest BCUT2D eigenvalue weighted by molar-refractivity contribution is 9.10. The Labute approximate surface area is 142 Å². The zero-order valence-corrected chi connectivity index (χ0v) is 15.0. The molecule has 0 radical (unpaired) electrons. The normalized spacial score (nSPS) is 11.0. The molecular formula is C14H15BrCl2N4. The highest BCUT2D eigenvalue weighted by atomic mass is 79.9. The maximum atomic E-state index is 5.86. The molecule has 1 heterocycles. The number of benzene rings is 1. The number of rotatable bonds is 4. The fraction of sp³-hybridized carbons (Fsp3) is 0.357. The predicted octanol–water partition coefficient (Wildman–Crippen LogP) is 5.22. The van der Waals surface area contributed by atoms with Gasteiger partial charge in [0.25, 0.3) is 0 Å². The van der Waals surface area contributed by atoms with Crippen LogP contribution in [0.2, 0.25) is 10.6 Å². The Morgan fingerprint density at radius 2 is 1.76 bits per heavy atom. The zero-order chi connectivity index (χ0) is 15.6. The first-order valence-electron chi connectivity index (χ1n) is 6.56. The molecule has 0 saturated heterocycles. The summed E-state index contributed by atoms with van der Waals surface area (Å²) in [4.78, 5) is 14.0. The van der Waals surface area contributed by atoms with Crippen molar-refractivity contribution in [1.82, 2.24) is 15.0 Å². The molecule has 0 unspecified atom stereocenters. The van der Waals surface area contributed by atoms with E-state index in [0.29, 0.717) is 18.4 Å². The average Bonchev–Trinajstić information content (AvgIpc) is 2.40. The number of hydrogen-bond acceptors (Lipinski definition) is 4. The van der Waals surface area contributed by atoms with Crippen LogP contribution in [0.5, 0.6) is 0 Å². The van der Waals surface area contributed by atoms with E-state index in [1.54, 1.807) is 0 Å². The van der Waals surface area contributed by atoms with Gasteiger partial charge in [0, 0.05) is 11.0 Å². The molecule has 2 rings (SSSR count). The molecule has 0 amide bonds. The highest BCUT2D eigenvalue weighted by Crippen LogP contribution is 2.33. The van der Waals surface area contributed by atoms with E-state index in [1.807, 2.05) is 17.9 Å². The molecule has 0 aliphatic rings. The number of halogens is 3. The Balaban J connectivity index is 2.46. The summed E-state index contributed by atoms with van der Waals surface area (Å²) in [6.45, 7) is 7.00. The lowest BCUT2D eigenvalue weighted by molar-refractivity contribution is 0.863. The molecule has 7 heteroatoms. The molecule has 0 N–H and O–H groups in total. The van der Waals surface area contributed by atoms with E-state index in [2.05, 4.69) is 56.9 Å². The fourth-order valence-electron chi connectivity index (χ4n) is 1.96. The molecule has 0 bridgehead atoms. The first-order chi connectivity index (χ1) is 9.92. The second kappa shape index (κ2) is 6.90. The van der Waals surface area contributed by atoms with Crippen LogP contribution in [0.3, 0.4) is 0 Å². The third-order valence-electron chi connectivity index (χ3n) is 3.06. The molecule has 0 aliphatic carbocycles. The van der Waals surface area contributed by atoms with Crippen molar-refractivity contribution in [3.05, 3.63) is 38.8 Å². The van der Waals surface area contributed by atoms with Crippen LogP contribution < -0.4 is 4.90 Å². The minimum Gasteiger partial charge on any atom is -0.310 e. The molecule has 21 heavy (non-hydrogen) atoms. The molecule has 1 aromatic carbocycles. The van der Waals surface area contributed by atoms with Gasteiger partial charge in [0.15, 0.2) is 0 Å². The van der Waals surface area contributed by atoms with Gasteiger partial charge in [-0.15, -0.1) is 0 Å². The van der Waals surface area contributed by atoms with Gasteiger partial charge in [0.2, 0.25) is 16.5 Å². The second-order valence-corrected chi connectivity index (χ2v) is 6.31. The standard InChI is InChI=1S/C14H15BrCl2N4/c1-4-21(14-19-12(16)18-13(17)20-14)11-6-5-9(8(2)3)7-10(11)15/h5-8H,4H2,1-3H3. The van der Waals surface area contributed by atoms with E-state index in [9.17, 15) is 0 Å². The summed E-state index contributed by atoms with van der Waals surface area (Å²) < 4.78 is 0.975. The largest absolute Gasteiger partial charge is 0.310 e. The van der Waals surface area contributed by atoms with E-state index in [0.717, 1.165) is 10.2 Å². The van der Waals surface area contributed by atoms with Gasteiger partial charge in [0.05, 0.1) is 5.69 Å². The minimum atomic E-state index is 0.0818. The van der Waals surface area contributed by atoms with E-state index < -0.39 is 0 Å². The summed E-state index contributed by atoms with van der Waals surface area (Å²) in [6.07, 6.45) is 0.